The summed E-state index contributed by atoms with van der Waals surface area (Å²) in [6.45, 7) is 3.12. The van der Waals surface area contributed by atoms with Gasteiger partial charge in [-0.25, -0.2) is 0 Å². The van der Waals surface area contributed by atoms with Crippen LogP contribution in [0, 0.1) is 3.57 Å². The molecule has 0 unspecified atom stereocenters. The lowest BCUT2D eigenvalue weighted by Gasteiger charge is -2.16. The van der Waals surface area contributed by atoms with Crippen molar-refractivity contribution in [1.82, 2.24) is 5.32 Å². The molecule has 106 valence electrons. The summed E-state index contributed by atoms with van der Waals surface area (Å²) >= 11 is 2.34. The standard InChI is InChI=1S/C19H18IN/c1-14(21-13-15-9-11-17(20)12-10-15)18-8-4-6-16-5-2-3-7-19(16)18/h2-12,14,21H,13H2,1H3/t14-/m1/s1. The third-order valence-electron chi connectivity index (χ3n) is 3.82. The average Bonchev–Trinajstić information content (AvgIpc) is 2.53. The summed E-state index contributed by atoms with van der Waals surface area (Å²) < 4.78 is 1.28. The fourth-order valence-electron chi connectivity index (χ4n) is 2.61. The normalized spacial score (nSPS) is 12.5. The van der Waals surface area contributed by atoms with Gasteiger partial charge in [-0.3, -0.25) is 0 Å². The van der Waals surface area contributed by atoms with Crippen LogP contribution in [-0.4, -0.2) is 0 Å². The van der Waals surface area contributed by atoms with Crippen molar-refractivity contribution in [3.8, 4) is 0 Å². The second-order valence-electron chi connectivity index (χ2n) is 5.30. The Bertz CT molecular complexity index is 729. The van der Waals surface area contributed by atoms with Gasteiger partial charge in [0.2, 0.25) is 0 Å². The van der Waals surface area contributed by atoms with E-state index in [1.165, 1.54) is 25.5 Å². The maximum atomic E-state index is 3.62. The minimum atomic E-state index is 0.329. The van der Waals surface area contributed by atoms with Crippen LogP contribution in [0.3, 0.4) is 0 Å². The Kier molecular flexibility index (Phi) is 4.56. The zero-order valence-corrected chi connectivity index (χ0v) is 14.2. The topological polar surface area (TPSA) is 12.0 Å². The summed E-state index contributed by atoms with van der Waals surface area (Å²) in [5.74, 6) is 0. The van der Waals surface area contributed by atoms with Gasteiger partial charge in [0.1, 0.15) is 0 Å². The lowest BCUT2D eigenvalue weighted by Crippen LogP contribution is -2.18. The van der Waals surface area contributed by atoms with E-state index in [1.807, 2.05) is 0 Å². The van der Waals surface area contributed by atoms with Gasteiger partial charge in [-0.15, -0.1) is 0 Å². The highest BCUT2D eigenvalue weighted by Crippen LogP contribution is 2.24. The highest BCUT2D eigenvalue weighted by Gasteiger charge is 2.08. The number of nitrogens with one attached hydrogen (secondary N) is 1. The summed E-state index contributed by atoms with van der Waals surface area (Å²) in [7, 11) is 0. The van der Waals surface area contributed by atoms with Crippen molar-refractivity contribution >= 4 is 33.4 Å². The molecule has 3 rings (SSSR count). The summed E-state index contributed by atoms with van der Waals surface area (Å²) in [5.41, 5.74) is 2.68. The maximum Gasteiger partial charge on any atom is 0.0301 e. The molecule has 0 saturated carbocycles. The van der Waals surface area contributed by atoms with Gasteiger partial charge in [-0.2, -0.15) is 0 Å². The van der Waals surface area contributed by atoms with Crippen LogP contribution in [0.1, 0.15) is 24.1 Å². The van der Waals surface area contributed by atoms with Crippen molar-refractivity contribution in [3.63, 3.8) is 0 Å². The lowest BCUT2D eigenvalue weighted by molar-refractivity contribution is 0.578. The highest BCUT2D eigenvalue weighted by atomic mass is 127. The molecule has 0 fully saturated rings. The van der Waals surface area contributed by atoms with E-state index in [1.54, 1.807) is 0 Å². The van der Waals surface area contributed by atoms with Crippen LogP contribution in [0.4, 0.5) is 0 Å². The molecular weight excluding hydrogens is 369 g/mol. The van der Waals surface area contributed by atoms with Crippen molar-refractivity contribution in [1.29, 1.82) is 0 Å². The van der Waals surface area contributed by atoms with Crippen molar-refractivity contribution in [2.45, 2.75) is 19.5 Å². The van der Waals surface area contributed by atoms with Crippen LogP contribution >= 0.6 is 22.6 Å². The van der Waals surface area contributed by atoms with E-state index in [0.717, 1.165) is 6.54 Å². The number of hydrogen-bond donors (Lipinski definition) is 1. The van der Waals surface area contributed by atoms with E-state index in [0.29, 0.717) is 6.04 Å². The predicted molar refractivity (Wildman–Crippen MR) is 98.4 cm³/mol. The Morgan fingerprint density at radius 3 is 2.43 bits per heavy atom. The average molecular weight is 387 g/mol. The maximum absolute atomic E-state index is 3.62. The minimum Gasteiger partial charge on any atom is -0.306 e. The number of benzene rings is 3. The van der Waals surface area contributed by atoms with Gasteiger partial charge in [0.05, 0.1) is 0 Å². The molecule has 1 atom stereocenters. The summed E-state index contributed by atoms with van der Waals surface area (Å²) in [5, 5.41) is 6.26. The Balaban J connectivity index is 1.78. The first-order valence-electron chi connectivity index (χ1n) is 7.19. The molecule has 0 aliphatic heterocycles. The van der Waals surface area contributed by atoms with Crippen molar-refractivity contribution < 1.29 is 0 Å². The molecule has 0 bridgehead atoms. The number of rotatable bonds is 4. The molecule has 0 saturated heterocycles. The van der Waals surface area contributed by atoms with Crippen molar-refractivity contribution in [2.75, 3.05) is 0 Å². The Labute approximate surface area is 139 Å². The van der Waals surface area contributed by atoms with Crippen LogP contribution in [0.25, 0.3) is 10.8 Å². The van der Waals surface area contributed by atoms with Crippen molar-refractivity contribution in [2.24, 2.45) is 0 Å². The van der Waals surface area contributed by atoms with Crippen LogP contribution in [0.2, 0.25) is 0 Å². The van der Waals surface area contributed by atoms with Gasteiger partial charge in [0.25, 0.3) is 0 Å². The molecule has 0 radical (unpaired) electrons. The fraction of sp³-hybridized carbons (Fsp3) is 0.158. The van der Waals surface area contributed by atoms with Crippen LogP contribution in [0.15, 0.2) is 66.7 Å². The van der Waals surface area contributed by atoms with E-state index < -0.39 is 0 Å². The van der Waals surface area contributed by atoms with Gasteiger partial charge in [0.15, 0.2) is 0 Å². The molecule has 3 aromatic carbocycles. The third-order valence-corrected chi connectivity index (χ3v) is 4.53. The molecule has 1 nitrogen and oxygen atoms in total. The quantitative estimate of drug-likeness (QED) is 0.600. The second-order valence-corrected chi connectivity index (χ2v) is 6.54. The smallest absolute Gasteiger partial charge is 0.0301 e. The molecule has 0 aromatic heterocycles. The Morgan fingerprint density at radius 2 is 1.62 bits per heavy atom. The molecular formula is C19H18IN. The number of hydrogen-bond acceptors (Lipinski definition) is 1. The molecule has 2 heteroatoms. The second kappa shape index (κ2) is 6.58. The first kappa shape index (κ1) is 14.5. The van der Waals surface area contributed by atoms with Gasteiger partial charge < -0.3 is 5.32 Å². The molecule has 0 heterocycles. The Hall–Kier alpha value is -1.39. The van der Waals surface area contributed by atoms with Gasteiger partial charge >= 0.3 is 0 Å². The van der Waals surface area contributed by atoms with E-state index in [-0.39, 0.29) is 0 Å². The van der Waals surface area contributed by atoms with Gasteiger partial charge in [-0.1, -0.05) is 54.6 Å². The van der Waals surface area contributed by atoms with E-state index in [2.05, 4.69) is 102 Å². The van der Waals surface area contributed by atoms with Gasteiger partial charge in [-0.05, 0) is 63.5 Å². The summed E-state index contributed by atoms with van der Waals surface area (Å²) in [6, 6.07) is 24.1. The van der Waals surface area contributed by atoms with Crippen molar-refractivity contribution in [3.05, 3.63) is 81.4 Å². The first-order valence-corrected chi connectivity index (χ1v) is 8.27. The molecule has 3 aromatic rings. The largest absolute Gasteiger partial charge is 0.306 e. The predicted octanol–water partition coefficient (Wildman–Crippen LogP) is 5.30. The fourth-order valence-corrected chi connectivity index (χ4v) is 2.97. The first-order chi connectivity index (χ1) is 10.2. The molecule has 21 heavy (non-hydrogen) atoms. The molecule has 0 amide bonds. The molecule has 0 spiro atoms. The zero-order valence-electron chi connectivity index (χ0n) is 12.0. The lowest BCUT2D eigenvalue weighted by atomic mass is 9.99. The minimum absolute atomic E-state index is 0.329. The Morgan fingerprint density at radius 1 is 0.905 bits per heavy atom. The molecule has 1 N–H and O–H groups in total. The monoisotopic (exact) mass is 387 g/mol. The van der Waals surface area contributed by atoms with Crippen LogP contribution in [0.5, 0.6) is 0 Å². The SMILES string of the molecule is C[C@@H](NCc1ccc(I)cc1)c1cccc2ccccc12. The summed E-state index contributed by atoms with van der Waals surface area (Å²) in [4.78, 5) is 0. The van der Waals surface area contributed by atoms with E-state index >= 15 is 0 Å². The summed E-state index contributed by atoms with van der Waals surface area (Å²) in [6.07, 6.45) is 0. The highest BCUT2D eigenvalue weighted by molar-refractivity contribution is 14.1. The molecule has 0 aliphatic carbocycles. The zero-order chi connectivity index (χ0) is 14.7. The van der Waals surface area contributed by atoms with Crippen LogP contribution in [-0.2, 0) is 6.54 Å². The number of fused-ring (bicyclic) bond motifs is 1. The number of halogens is 1. The third kappa shape index (κ3) is 3.44. The molecule has 0 aliphatic rings. The van der Waals surface area contributed by atoms with Gasteiger partial charge in [0, 0.05) is 16.2 Å². The van der Waals surface area contributed by atoms with Crippen LogP contribution < -0.4 is 5.32 Å². The van der Waals surface area contributed by atoms with E-state index in [4.69, 9.17) is 0 Å². The van der Waals surface area contributed by atoms with E-state index in [9.17, 15) is 0 Å².